The van der Waals surface area contributed by atoms with Gasteiger partial charge >= 0.3 is 5.97 Å². The van der Waals surface area contributed by atoms with Crippen LogP contribution in [-0.2, 0) is 6.61 Å². The van der Waals surface area contributed by atoms with E-state index < -0.39 is 17.7 Å². The minimum absolute atomic E-state index is 0.0452. The van der Waals surface area contributed by atoms with Crippen LogP contribution in [0.3, 0.4) is 0 Å². The molecule has 1 heterocycles. The zero-order valence-electron chi connectivity index (χ0n) is 12.3. The Bertz CT molecular complexity index is 934. The SMILES string of the molecule is NC(=O)c1ccc(OCc2c(C(=O)O)sc3cccc(F)c23)cc1. The maximum absolute atomic E-state index is 14.1. The second kappa shape index (κ2) is 6.29. The van der Waals surface area contributed by atoms with Gasteiger partial charge in [0.15, 0.2) is 0 Å². The van der Waals surface area contributed by atoms with Crippen molar-refractivity contribution < 1.29 is 23.8 Å². The van der Waals surface area contributed by atoms with E-state index in [1.807, 2.05) is 0 Å². The lowest BCUT2D eigenvalue weighted by molar-refractivity contribution is 0.0699. The molecular formula is C17H12FNO4S. The van der Waals surface area contributed by atoms with Crippen LogP contribution in [0.1, 0.15) is 25.6 Å². The molecule has 0 aliphatic heterocycles. The highest BCUT2D eigenvalue weighted by atomic mass is 32.1. The normalized spacial score (nSPS) is 10.7. The molecule has 0 aliphatic rings. The Morgan fingerprint density at radius 1 is 1.17 bits per heavy atom. The number of primary amides is 1. The summed E-state index contributed by atoms with van der Waals surface area (Å²) in [7, 11) is 0. The van der Waals surface area contributed by atoms with E-state index in [0.29, 0.717) is 21.6 Å². The van der Waals surface area contributed by atoms with Gasteiger partial charge < -0.3 is 15.6 Å². The lowest BCUT2D eigenvalue weighted by Gasteiger charge is -2.07. The summed E-state index contributed by atoms with van der Waals surface area (Å²) in [6, 6.07) is 10.6. The van der Waals surface area contributed by atoms with E-state index in [2.05, 4.69) is 0 Å². The van der Waals surface area contributed by atoms with E-state index in [1.165, 1.54) is 24.3 Å². The van der Waals surface area contributed by atoms with E-state index in [4.69, 9.17) is 10.5 Å². The standard InChI is InChI=1S/C17H12FNO4S/c18-12-2-1-3-13-14(12)11(15(24-13)17(21)22)8-23-10-6-4-9(5-7-10)16(19)20/h1-7H,8H2,(H2,19,20)(H,21,22). The van der Waals surface area contributed by atoms with E-state index >= 15 is 0 Å². The van der Waals surface area contributed by atoms with Gasteiger partial charge in [0.2, 0.25) is 5.91 Å². The van der Waals surface area contributed by atoms with E-state index in [9.17, 15) is 19.1 Å². The van der Waals surface area contributed by atoms with Crippen molar-refractivity contribution >= 4 is 33.3 Å². The first-order valence-corrected chi connectivity index (χ1v) is 7.75. The predicted molar refractivity (Wildman–Crippen MR) is 88.0 cm³/mol. The molecule has 0 aliphatic carbocycles. The van der Waals surface area contributed by atoms with Gasteiger partial charge in [-0.3, -0.25) is 4.79 Å². The number of thiophene rings is 1. The molecule has 0 unspecified atom stereocenters. The van der Waals surface area contributed by atoms with Crippen molar-refractivity contribution in [3.05, 3.63) is 64.3 Å². The number of rotatable bonds is 5. The van der Waals surface area contributed by atoms with E-state index in [-0.39, 0.29) is 16.9 Å². The third-order valence-electron chi connectivity index (χ3n) is 3.48. The monoisotopic (exact) mass is 345 g/mol. The molecule has 0 radical (unpaired) electrons. The van der Waals surface area contributed by atoms with Crippen LogP contribution in [0.25, 0.3) is 10.1 Å². The topological polar surface area (TPSA) is 89.6 Å². The third-order valence-corrected chi connectivity index (χ3v) is 4.66. The quantitative estimate of drug-likeness (QED) is 0.741. The number of hydrogen-bond acceptors (Lipinski definition) is 4. The van der Waals surface area contributed by atoms with Crippen molar-refractivity contribution in [3.63, 3.8) is 0 Å². The van der Waals surface area contributed by atoms with E-state index in [0.717, 1.165) is 11.3 Å². The highest BCUT2D eigenvalue weighted by Gasteiger charge is 2.20. The van der Waals surface area contributed by atoms with Crippen LogP contribution in [0.5, 0.6) is 5.75 Å². The molecule has 1 aromatic heterocycles. The molecule has 24 heavy (non-hydrogen) atoms. The predicted octanol–water partition coefficient (Wildman–Crippen LogP) is 3.42. The summed E-state index contributed by atoms with van der Waals surface area (Å²) < 4.78 is 20.2. The number of ether oxygens (including phenoxy) is 1. The molecule has 0 bridgehead atoms. The van der Waals surface area contributed by atoms with Crippen LogP contribution in [0.15, 0.2) is 42.5 Å². The highest BCUT2D eigenvalue weighted by molar-refractivity contribution is 7.21. The number of fused-ring (bicyclic) bond motifs is 1. The van der Waals surface area contributed by atoms with Crippen LogP contribution in [0, 0.1) is 5.82 Å². The van der Waals surface area contributed by atoms with Crippen molar-refractivity contribution in [2.24, 2.45) is 5.73 Å². The fourth-order valence-corrected chi connectivity index (χ4v) is 3.41. The Labute approximate surface area is 140 Å². The number of nitrogens with two attached hydrogens (primary N) is 1. The molecule has 3 N–H and O–H groups in total. The fraction of sp³-hybridized carbons (Fsp3) is 0.0588. The van der Waals surface area contributed by atoms with Crippen molar-refractivity contribution in [1.82, 2.24) is 0 Å². The zero-order chi connectivity index (χ0) is 17.3. The van der Waals surface area contributed by atoms with Crippen molar-refractivity contribution in [2.75, 3.05) is 0 Å². The molecular weight excluding hydrogens is 333 g/mol. The molecule has 1 amide bonds. The van der Waals surface area contributed by atoms with Crippen LogP contribution in [0.4, 0.5) is 4.39 Å². The molecule has 0 atom stereocenters. The maximum Gasteiger partial charge on any atom is 0.346 e. The summed E-state index contributed by atoms with van der Waals surface area (Å²) >= 11 is 1.01. The molecule has 0 saturated carbocycles. The Balaban J connectivity index is 1.93. The van der Waals surface area contributed by atoms with E-state index in [1.54, 1.807) is 18.2 Å². The molecule has 122 valence electrons. The van der Waals surface area contributed by atoms with Crippen molar-refractivity contribution in [2.45, 2.75) is 6.61 Å². The van der Waals surface area contributed by atoms with Crippen LogP contribution in [-0.4, -0.2) is 17.0 Å². The molecule has 0 spiro atoms. The maximum atomic E-state index is 14.1. The van der Waals surface area contributed by atoms with Crippen LogP contribution >= 0.6 is 11.3 Å². The van der Waals surface area contributed by atoms with Gasteiger partial charge in [-0.25, -0.2) is 9.18 Å². The third kappa shape index (κ3) is 2.93. The first kappa shape index (κ1) is 15.9. The largest absolute Gasteiger partial charge is 0.489 e. The number of carboxylic acids is 1. The zero-order valence-corrected chi connectivity index (χ0v) is 13.1. The number of benzene rings is 2. The van der Waals surface area contributed by atoms with Crippen LogP contribution < -0.4 is 10.5 Å². The minimum atomic E-state index is -1.13. The summed E-state index contributed by atoms with van der Waals surface area (Å²) in [5, 5.41) is 9.59. The molecule has 5 nitrogen and oxygen atoms in total. The number of halogens is 1. The average molecular weight is 345 g/mol. The number of hydrogen-bond donors (Lipinski definition) is 2. The molecule has 7 heteroatoms. The number of carbonyl (C=O) groups is 2. The lowest BCUT2D eigenvalue weighted by atomic mass is 10.1. The van der Waals surface area contributed by atoms with Gasteiger partial charge in [0, 0.05) is 21.2 Å². The number of aromatic carboxylic acids is 1. The van der Waals surface area contributed by atoms with Crippen molar-refractivity contribution in [3.8, 4) is 5.75 Å². The van der Waals surface area contributed by atoms with Gasteiger partial charge in [0.05, 0.1) is 0 Å². The molecule has 2 aromatic carbocycles. The number of carboxylic acid groups (broad SMARTS) is 1. The molecule has 3 rings (SSSR count). The summed E-state index contributed by atoms with van der Waals surface area (Å²) in [5.74, 6) is -1.75. The summed E-state index contributed by atoms with van der Waals surface area (Å²) in [5.41, 5.74) is 5.79. The number of carbonyl (C=O) groups excluding carboxylic acids is 1. The average Bonchev–Trinajstić information content (AvgIpc) is 2.93. The van der Waals surface area contributed by atoms with Gasteiger partial charge in [0.1, 0.15) is 23.1 Å². The summed E-state index contributed by atoms with van der Waals surface area (Å²) in [6.07, 6.45) is 0. The first-order chi connectivity index (χ1) is 11.5. The van der Waals surface area contributed by atoms with Gasteiger partial charge in [-0.2, -0.15) is 0 Å². The van der Waals surface area contributed by atoms with Gasteiger partial charge in [-0.15, -0.1) is 11.3 Å². The lowest BCUT2D eigenvalue weighted by Crippen LogP contribution is -2.10. The smallest absolute Gasteiger partial charge is 0.346 e. The Hall–Kier alpha value is -2.93. The summed E-state index contributed by atoms with van der Waals surface area (Å²) in [6.45, 7) is -0.0987. The molecule has 3 aromatic rings. The summed E-state index contributed by atoms with van der Waals surface area (Å²) in [4.78, 5) is 22.5. The Morgan fingerprint density at radius 2 is 1.88 bits per heavy atom. The first-order valence-electron chi connectivity index (χ1n) is 6.93. The Kier molecular flexibility index (Phi) is 4.18. The molecule has 0 fully saturated rings. The Morgan fingerprint density at radius 3 is 2.50 bits per heavy atom. The van der Waals surface area contributed by atoms with Gasteiger partial charge in [0.25, 0.3) is 0 Å². The molecule has 0 saturated heterocycles. The highest BCUT2D eigenvalue weighted by Crippen LogP contribution is 2.34. The number of amides is 1. The van der Waals surface area contributed by atoms with Gasteiger partial charge in [-0.05, 0) is 36.4 Å². The van der Waals surface area contributed by atoms with Gasteiger partial charge in [-0.1, -0.05) is 6.07 Å². The van der Waals surface area contributed by atoms with Crippen molar-refractivity contribution in [1.29, 1.82) is 0 Å². The fourth-order valence-electron chi connectivity index (χ4n) is 2.35. The van der Waals surface area contributed by atoms with Crippen LogP contribution in [0.2, 0.25) is 0 Å². The minimum Gasteiger partial charge on any atom is -0.489 e. The second-order valence-corrected chi connectivity index (χ2v) is 6.06. The second-order valence-electron chi connectivity index (χ2n) is 5.01.